The number of hydrogen-bond acceptors (Lipinski definition) is 11. The van der Waals surface area contributed by atoms with E-state index in [-0.39, 0.29) is 65.0 Å². The van der Waals surface area contributed by atoms with Crippen LogP contribution in [0.1, 0.15) is 64.2 Å². The van der Waals surface area contributed by atoms with Gasteiger partial charge in [-0.1, -0.05) is 18.2 Å². The molecule has 2 aliphatic carbocycles. The number of halogens is 2. The maximum Gasteiger partial charge on any atom is 0.407 e. The van der Waals surface area contributed by atoms with Crippen molar-refractivity contribution >= 4 is 35.2 Å². The zero-order valence-corrected chi connectivity index (χ0v) is 33.2. The third-order valence-electron chi connectivity index (χ3n) is 12.9. The van der Waals surface area contributed by atoms with E-state index in [2.05, 4.69) is 41.0 Å². The number of amides is 3. The third kappa shape index (κ3) is 8.56. The highest BCUT2D eigenvalue weighted by molar-refractivity contribution is 6.01. The molecule has 1 unspecified atom stereocenters. The van der Waals surface area contributed by atoms with Crippen LogP contribution in [0.2, 0.25) is 0 Å². The summed E-state index contributed by atoms with van der Waals surface area (Å²) >= 11 is 0. The van der Waals surface area contributed by atoms with Crippen LogP contribution in [0.4, 0.5) is 30.9 Å². The normalized spacial score (nSPS) is 23.3. The number of ether oxygens (including phenoxy) is 1. The Kier molecular flexibility index (Phi) is 11.0. The summed E-state index contributed by atoms with van der Waals surface area (Å²) in [4.78, 5) is 62.0. The number of benzene rings is 2. The molecule has 60 heavy (non-hydrogen) atoms. The Hall–Kier alpha value is -5.90. The van der Waals surface area contributed by atoms with Gasteiger partial charge < -0.3 is 25.6 Å². The summed E-state index contributed by atoms with van der Waals surface area (Å²) in [7, 11) is 0. The van der Waals surface area contributed by atoms with Crippen LogP contribution >= 0.6 is 0 Å². The van der Waals surface area contributed by atoms with Gasteiger partial charge in [0, 0.05) is 85.3 Å². The molecule has 3 saturated heterocycles. The zero-order valence-electron chi connectivity index (χ0n) is 33.2. The van der Waals surface area contributed by atoms with Gasteiger partial charge in [0.15, 0.2) is 5.82 Å². The average Bonchev–Trinajstić information content (AvgIpc) is 3.21. The highest BCUT2D eigenvalue weighted by atomic mass is 19.1. The fourth-order valence-corrected chi connectivity index (χ4v) is 9.68. The standard InChI is InChI=1S/C44H49F2N9O5/c45-34-21-30(48-36-12-14-38(56)51-41(36)58)11-13-37(34)53-18-15-31(16-19-53)54-25-44(26-54)22-33(23-44)60-43(59)50-29-9-7-28(8-10-29)49-42-47-24-35(46)40(52-42)27-4-3-5-32(20-27)55-17-2-1-6-39(55)57/h1-6,11,13,17,20-21,24,28-29,31,33,36,48H,7-10,12,14-16,18-19,22-23,25-26H2,(H,50,59)(H,47,49,52)(H,51,56,58). The summed E-state index contributed by atoms with van der Waals surface area (Å²) in [5.41, 5.74) is 2.37. The fraction of sp³-hybridized carbons (Fsp3) is 0.455. The van der Waals surface area contributed by atoms with Crippen LogP contribution in [-0.4, -0.2) is 93.8 Å². The molecule has 314 valence electrons. The van der Waals surface area contributed by atoms with Gasteiger partial charge in [0.2, 0.25) is 17.8 Å². The molecule has 4 N–H and O–H groups in total. The van der Waals surface area contributed by atoms with E-state index in [0.29, 0.717) is 41.0 Å². The lowest BCUT2D eigenvalue weighted by Crippen LogP contribution is -2.67. The van der Waals surface area contributed by atoms with E-state index in [0.717, 1.165) is 83.7 Å². The number of rotatable bonds is 10. The molecule has 5 fully saturated rings. The molecule has 5 heterocycles. The first kappa shape index (κ1) is 39.6. The molecule has 2 saturated carbocycles. The van der Waals surface area contributed by atoms with Crippen molar-refractivity contribution < 1.29 is 27.9 Å². The van der Waals surface area contributed by atoms with Gasteiger partial charge in [-0.15, -0.1) is 0 Å². The first-order valence-electron chi connectivity index (χ1n) is 21.0. The molecule has 16 heteroatoms. The van der Waals surface area contributed by atoms with Crippen molar-refractivity contribution in [2.45, 2.75) is 94.5 Å². The number of carbonyl (C=O) groups excluding carboxylic acids is 3. The number of anilines is 3. The second kappa shape index (κ2) is 16.6. The van der Waals surface area contributed by atoms with Gasteiger partial charge in [-0.05, 0) is 94.2 Å². The number of piperidine rings is 2. The summed E-state index contributed by atoms with van der Waals surface area (Å²) in [5, 5.41) is 11.8. The first-order valence-corrected chi connectivity index (χ1v) is 21.0. The van der Waals surface area contributed by atoms with Gasteiger partial charge in [0.05, 0.1) is 11.9 Å². The van der Waals surface area contributed by atoms with Crippen LogP contribution in [0.5, 0.6) is 0 Å². The van der Waals surface area contributed by atoms with Gasteiger partial charge in [-0.3, -0.25) is 29.2 Å². The molecule has 2 aromatic carbocycles. The van der Waals surface area contributed by atoms with Crippen LogP contribution in [-0.2, 0) is 14.3 Å². The summed E-state index contributed by atoms with van der Waals surface area (Å²) in [6, 6.07) is 16.8. The van der Waals surface area contributed by atoms with E-state index in [4.69, 9.17) is 4.74 Å². The minimum atomic E-state index is -0.560. The summed E-state index contributed by atoms with van der Waals surface area (Å²) in [6.45, 7) is 3.49. The monoisotopic (exact) mass is 821 g/mol. The van der Waals surface area contributed by atoms with E-state index < -0.39 is 11.9 Å². The Morgan fingerprint density at radius 3 is 2.38 bits per heavy atom. The maximum absolute atomic E-state index is 15.2. The Bertz CT molecular complexity index is 2310. The number of imide groups is 1. The Balaban J connectivity index is 0.674. The van der Waals surface area contributed by atoms with Crippen LogP contribution < -0.4 is 31.7 Å². The molecule has 0 radical (unpaired) electrons. The number of nitrogens with zero attached hydrogens (tertiary/aromatic N) is 5. The second-order valence-corrected chi connectivity index (χ2v) is 17.1. The van der Waals surface area contributed by atoms with Crippen molar-refractivity contribution in [2.75, 3.05) is 41.7 Å². The maximum atomic E-state index is 15.2. The lowest BCUT2D eigenvalue weighted by Gasteiger charge is -2.61. The van der Waals surface area contributed by atoms with E-state index in [9.17, 15) is 23.6 Å². The van der Waals surface area contributed by atoms with E-state index in [1.165, 1.54) is 16.7 Å². The van der Waals surface area contributed by atoms with Crippen LogP contribution in [0.15, 0.2) is 77.9 Å². The third-order valence-corrected chi connectivity index (χ3v) is 12.9. The quantitative estimate of drug-likeness (QED) is 0.152. The first-order chi connectivity index (χ1) is 29.1. The molecule has 0 bridgehead atoms. The SMILES string of the molecule is O=C1CCC(Nc2ccc(N3CCC(N4CC5(CC(OC(=O)NC6CCC(Nc7ncc(F)c(-c8cccc(-n9ccccc9=O)c8)n7)CC6)C5)C4)CC3)c(F)c2)C(=O)N1. The Morgan fingerprint density at radius 2 is 1.63 bits per heavy atom. The molecular weight excluding hydrogens is 773 g/mol. The van der Waals surface area contributed by atoms with Gasteiger partial charge in [-0.2, -0.15) is 0 Å². The number of carbonyl (C=O) groups is 3. The minimum Gasteiger partial charge on any atom is -0.446 e. The van der Waals surface area contributed by atoms with Crippen LogP contribution in [0.3, 0.4) is 0 Å². The predicted octanol–water partition coefficient (Wildman–Crippen LogP) is 5.37. The topological polar surface area (TPSA) is 163 Å². The van der Waals surface area contributed by atoms with Gasteiger partial charge in [-0.25, -0.2) is 23.5 Å². The number of aromatic nitrogens is 3. The molecule has 3 aliphatic heterocycles. The number of hydrogen-bond donors (Lipinski definition) is 4. The molecule has 9 rings (SSSR count). The molecule has 3 amide bonds. The average molecular weight is 822 g/mol. The van der Waals surface area contributed by atoms with Crippen molar-refractivity contribution in [1.82, 2.24) is 30.1 Å². The molecule has 5 aliphatic rings. The van der Waals surface area contributed by atoms with Crippen LogP contribution in [0.25, 0.3) is 16.9 Å². The summed E-state index contributed by atoms with van der Waals surface area (Å²) in [6.07, 6.45) is 9.70. The summed E-state index contributed by atoms with van der Waals surface area (Å²) in [5.74, 6) is -1.24. The van der Waals surface area contributed by atoms with Crippen molar-refractivity contribution in [3.8, 4) is 16.9 Å². The van der Waals surface area contributed by atoms with Crippen molar-refractivity contribution in [2.24, 2.45) is 5.41 Å². The van der Waals surface area contributed by atoms with Crippen molar-refractivity contribution in [1.29, 1.82) is 0 Å². The predicted molar refractivity (Wildman–Crippen MR) is 221 cm³/mol. The van der Waals surface area contributed by atoms with E-state index in [1.54, 1.807) is 54.7 Å². The molecule has 1 spiro atoms. The molecular formula is C44H49F2N9O5. The highest BCUT2D eigenvalue weighted by Gasteiger charge is 2.55. The minimum absolute atomic E-state index is 0.00406. The van der Waals surface area contributed by atoms with Gasteiger partial charge in [0.25, 0.3) is 5.56 Å². The smallest absolute Gasteiger partial charge is 0.407 e. The van der Waals surface area contributed by atoms with E-state index >= 15 is 4.39 Å². The lowest BCUT2D eigenvalue weighted by atomic mass is 9.61. The van der Waals surface area contributed by atoms with Crippen molar-refractivity contribution in [3.63, 3.8) is 0 Å². The number of alkyl carbamates (subject to hydrolysis) is 1. The Morgan fingerprint density at radius 1 is 0.850 bits per heavy atom. The Labute approximate surface area is 346 Å². The zero-order chi connectivity index (χ0) is 41.4. The summed E-state index contributed by atoms with van der Waals surface area (Å²) < 4.78 is 37.5. The molecule has 14 nitrogen and oxygen atoms in total. The number of pyridine rings is 1. The largest absolute Gasteiger partial charge is 0.446 e. The number of likely N-dealkylation sites (tertiary alicyclic amines) is 1. The lowest BCUT2D eigenvalue weighted by molar-refractivity contribution is -0.144. The molecule has 1 atom stereocenters. The van der Waals surface area contributed by atoms with Gasteiger partial charge in [0.1, 0.15) is 23.7 Å². The van der Waals surface area contributed by atoms with Crippen LogP contribution in [0, 0.1) is 17.0 Å². The molecule has 4 aromatic rings. The van der Waals surface area contributed by atoms with E-state index in [1.807, 2.05) is 0 Å². The second-order valence-electron chi connectivity index (χ2n) is 17.1. The molecule has 2 aromatic heterocycles. The van der Waals surface area contributed by atoms with Gasteiger partial charge >= 0.3 is 6.09 Å². The van der Waals surface area contributed by atoms with Crippen molar-refractivity contribution in [3.05, 3.63) is 95.0 Å². The fourth-order valence-electron chi connectivity index (χ4n) is 9.68. The highest BCUT2D eigenvalue weighted by Crippen LogP contribution is 2.51. The number of nitrogens with one attached hydrogen (secondary N) is 4.